The van der Waals surface area contributed by atoms with E-state index in [1.807, 2.05) is 35.0 Å². The molecule has 6 nitrogen and oxygen atoms in total. The predicted octanol–water partition coefficient (Wildman–Crippen LogP) is 4.79. The first kappa shape index (κ1) is 22.0. The maximum atomic E-state index is 11.5. The van der Waals surface area contributed by atoms with Crippen LogP contribution in [0.2, 0.25) is 0 Å². The standard InChI is InChI=1S/C16H20N2O4S2.Na/c19-15(17-13-7-5-11-23-13)21-9-3-1-2-4-10-22-16(20)18-14-8-6-12-24-14;/h5-8,11-12H,1-4,9-10H2,(H,17,19)(H,18,20);. The molecule has 2 aromatic heterocycles. The van der Waals surface area contributed by atoms with E-state index in [0.29, 0.717) is 13.2 Å². The Bertz CT molecular complexity index is 551. The van der Waals surface area contributed by atoms with Crippen molar-refractivity contribution in [2.45, 2.75) is 25.7 Å². The van der Waals surface area contributed by atoms with E-state index >= 15 is 0 Å². The number of nitrogens with one attached hydrogen (secondary N) is 2. The second-order valence-electron chi connectivity index (χ2n) is 4.89. The number of unbranched alkanes of at least 4 members (excludes halogenated alkanes) is 3. The van der Waals surface area contributed by atoms with Crippen LogP contribution in [-0.2, 0) is 9.47 Å². The molecule has 0 saturated carbocycles. The fraction of sp³-hybridized carbons (Fsp3) is 0.375. The molecular weight excluding hydrogens is 371 g/mol. The molecule has 2 N–H and O–H groups in total. The number of anilines is 2. The molecule has 9 heteroatoms. The van der Waals surface area contributed by atoms with Gasteiger partial charge in [0.15, 0.2) is 0 Å². The molecule has 0 atom stereocenters. The Morgan fingerprint density at radius 1 is 0.800 bits per heavy atom. The molecule has 131 valence electrons. The molecule has 2 rings (SSSR count). The van der Waals surface area contributed by atoms with Gasteiger partial charge in [-0.05, 0) is 60.7 Å². The fourth-order valence-electron chi connectivity index (χ4n) is 1.86. The van der Waals surface area contributed by atoms with Crippen LogP contribution in [0.1, 0.15) is 25.7 Å². The van der Waals surface area contributed by atoms with Crippen molar-refractivity contribution in [2.75, 3.05) is 23.8 Å². The third-order valence-corrected chi connectivity index (χ3v) is 4.57. The molecule has 2 heterocycles. The van der Waals surface area contributed by atoms with Crippen molar-refractivity contribution in [1.29, 1.82) is 0 Å². The Labute approximate surface area is 177 Å². The summed E-state index contributed by atoms with van der Waals surface area (Å²) in [5.41, 5.74) is 0. The van der Waals surface area contributed by atoms with Gasteiger partial charge in [0.1, 0.15) is 0 Å². The molecule has 1 radical (unpaired) electrons. The summed E-state index contributed by atoms with van der Waals surface area (Å²) < 4.78 is 10.2. The smallest absolute Gasteiger partial charge is 0.412 e. The topological polar surface area (TPSA) is 76.7 Å². The minimum atomic E-state index is -0.425. The Hall–Kier alpha value is -1.06. The Morgan fingerprint density at radius 3 is 1.60 bits per heavy atom. The number of carbonyl (C=O) groups is 2. The molecule has 0 aromatic carbocycles. The van der Waals surface area contributed by atoms with E-state index in [-0.39, 0.29) is 29.6 Å². The average molecular weight is 391 g/mol. The number of hydrogen-bond donors (Lipinski definition) is 2. The van der Waals surface area contributed by atoms with E-state index in [4.69, 9.17) is 9.47 Å². The largest absolute Gasteiger partial charge is 0.449 e. The summed E-state index contributed by atoms with van der Waals surface area (Å²) in [5, 5.41) is 10.6. The molecule has 2 aromatic rings. The van der Waals surface area contributed by atoms with E-state index in [1.54, 1.807) is 0 Å². The molecule has 0 saturated heterocycles. The monoisotopic (exact) mass is 391 g/mol. The van der Waals surface area contributed by atoms with Crippen molar-refractivity contribution in [3.8, 4) is 0 Å². The van der Waals surface area contributed by atoms with Crippen molar-refractivity contribution in [3.63, 3.8) is 0 Å². The van der Waals surface area contributed by atoms with Crippen LogP contribution in [0.5, 0.6) is 0 Å². The van der Waals surface area contributed by atoms with Crippen molar-refractivity contribution < 1.29 is 19.1 Å². The van der Waals surface area contributed by atoms with Gasteiger partial charge in [-0.3, -0.25) is 10.6 Å². The van der Waals surface area contributed by atoms with Gasteiger partial charge in [0, 0.05) is 29.6 Å². The van der Waals surface area contributed by atoms with Crippen LogP contribution in [0.15, 0.2) is 35.0 Å². The number of rotatable bonds is 9. The molecule has 0 aliphatic rings. The van der Waals surface area contributed by atoms with Gasteiger partial charge in [-0.15, -0.1) is 22.7 Å². The van der Waals surface area contributed by atoms with Crippen LogP contribution < -0.4 is 10.6 Å². The van der Waals surface area contributed by atoms with Crippen LogP contribution >= 0.6 is 22.7 Å². The zero-order chi connectivity index (χ0) is 17.0. The molecule has 0 unspecified atom stereocenters. The number of carbonyl (C=O) groups excluding carboxylic acids is 2. The molecule has 0 spiro atoms. The summed E-state index contributed by atoms with van der Waals surface area (Å²) in [6.45, 7) is 0.772. The first-order valence-electron chi connectivity index (χ1n) is 7.68. The summed E-state index contributed by atoms with van der Waals surface area (Å²) in [4.78, 5) is 22.9. The summed E-state index contributed by atoms with van der Waals surface area (Å²) in [5.74, 6) is 0. The molecule has 0 bridgehead atoms. The van der Waals surface area contributed by atoms with E-state index in [2.05, 4.69) is 10.6 Å². The second kappa shape index (κ2) is 13.2. The van der Waals surface area contributed by atoms with Gasteiger partial charge in [0.25, 0.3) is 0 Å². The maximum Gasteiger partial charge on any atom is 0.412 e. The summed E-state index contributed by atoms with van der Waals surface area (Å²) in [6, 6.07) is 7.37. The van der Waals surface area contributed by atoms with Crippen molar-refractivity contribution in [1.82, 2.24) is 0 Å². The molecular formula is C16H20N2NaO4S2. The van der Waals surface area contributed by atoms with E-state index in [1.165, 1.54) is 22.7 Å². The Kier molecular flexibility index (Phi) is 11.6. The maximum absolute atomic E-state index is 11.5. The minimum Gasteiger partial charge on any atom is -0.449 e. The van der Waals surface area contributed by atoms with E-state index in [0.717, 1.165) is 35.7 Å². The molecule has 25 heavy (non-hydrogen) atoms. The number of amides is 2. The van der Waals surface area contributed by atoms with Gasteiger partial charge < -0.3 is 9.47 Å². The molecule has 2 amide bonds. The first-order valence-corrected chi connectivity index (χ1v) is 9.44. The van der Waals surface area contributed by atoms with Gasteiger partial charge in [0.2, 0.25) is 0 Å². The Balaban J connectivity index is 0.00000312. The fourth-order valence-corrected chi connectivity index (χ4v) is 3.07. The van der Waals surface area contributed by atoms with Crippen LogP contribution in [0.4, 0.5) is 19.6 Å². The van der Waals surface area contributed by atoms with Gasteiger partial charge in [-0.1, -0.05) is 0 Å². The summed E-state index contributed by atoms with van der Waals surface area (Å²) in [6.07, 6.45) is 2.57. The van der Waals surface area contributed by atoms with Crippen molar-refractivity contribution >= 4 is 74.4 Å². The van der Waals surface area contributed by atoms with Crippen LogP contribution in [0, 0.1) is 0 Å². The van der Waals surface area contributed by atoms with Gasteiger partial charge in [0.05, 0.1) is 23.2 Å². The molecule has 0 fully saturated rings. The van der Waals surface area contributed by atoms with Crippen molar-refractivity contribution in [3.05, 3.63) is 35.0 Å². The normalized spacial score (nSPS) is 9.76. The van der Waals surface area contributed by atoms with Crippen molar-refractivity contribution in [2.24, 2.45) is 0 Å². The van der Waals surface area contributed by atoms with E-state index < -0.39 is 12.2 Å². The number of hydrogen-bond acceptors (Lipinski definition) is 6. The zero-order valence-electron chi connectivity index (χ0n) is 14.2. The van der Waals surface area contributed by atoms with Crippen LogP contribution in [0.25, 0.3) is 0 Å². The third kappa shape index (κ3) is 9.86. The summed E-state index contributed by atoms with van der Waals surface area (Å²) >= 11 is 2.90. The third-order valence-electron chi connectivity index (χ3n) is 3.00. The SMILES string of the molecule is O=C(Nc1cccs1)OCCCCCCOC(=O)Nc1cccs1.[Na]. The number of thiophene rings is 2. The van der Waals surface area contributed by atoms with Gasteiger partial charge >= 0.3 is 12.2 Å². The minimum absolute atomic E-state index is 0. The van der Waals surface area contributed by atoms with Gasteiger partial charge in [-0.25, -0.2) is 9.59 Å². The second-order valence-corrected chi connectivity index (χ2v) is 6.79. The van der Waals surface area contributed by atoms with E-state index in [9.17, 15) is 9.59 Å². The molecule has 0 aliphatic carbocycles. The van der Waals surface area contributed by atoms with Crippen LogP contribution in [-0.4, -0.2) is 55.0 Å². The van der Waals surface area contributed by atoms with Crippen LogP contribution in [0.3, 0.4) is 0 Å². The van der Waals surface area contributed by atoms with Gasteiger partial charge in [-0.2, -0.15) is 0 Å². The predicted molar refractivity (Wildman–Crippen MR) is 103 cm³/mol. The quantitative estimate of drug-likeness (QED) is 0.476. The number of ether oxygens (including phenoxy) is 2. The average Bonchev–Trinajstić information content (AvgIpc) is 3.23. The zero-order valence-corrected chi connectivity index (χ0v) is 17.8. The Morgan fingerprint density at radius 2 is 1.24 bits per heavy atom. The molecule has 0 aliphatic heterocycles. The first-order chi connectivity index (χ1) is 11.7. The summed E-state index contributed by atoms with van der Waals surface area (Å²) in [7, 11) is 0.